The largest absolute Gasteiger partial charge is 0.459 e. The third-order valence-electron chi connectivity index (χ3n) is 2.65. The highest BCUT2D eigenvalue weighted by Gasteiger charge is 2.23. The van der Waals surface area contributed by atoms with Gasteiger partial charge in [-0.05, 0) is 25.3 Å². The van der Waals surface area contributed by atoms with Crippen molar-refractivity contribution in [1.82, 2.24) is 0 Å². The van der Waals surface area contributed by atoms with E-state index in [0.717, 1.165) is 24.1 Å². The SMILES string of the molecule is CC1=NC(C(=O)OCc2ccccc2)CC1. The molecule has 3 heteroatoms. The Morgan fingerprint density at radius 2 is 2.19 bits per heavy atom. The topological polar surface area (TPSA) is 38.7 Å². The summed E-state index contributed by atoms with van der Waals surface area (Å²) >= 11 is 0. The van der Waals surface area contributed by atoms with E-state index in [-0.39, 0.29) is 12.0 Å². The molecule has 1 aromatic rings. The Labute approximate surface area is 95.2 Å². The number of rotatable bonds is 3. The third-order valence-corrected chi connectivity index (χ3v) is 2.65. The zero-order valence-corrected chi connectivity index (χ0v) is 9.35. The average Bonchev–Trinajstić information content (AvgIpc) is 2.74. The first kappa shape index (κ1) is 10.9. The number of ether oxygens (including phenoxy) is 1. The number of nitrogens with zero attached hydrogens (tertiary/aromatic N) is 1. The molecule has 1 unspecified atom stereocenters. The summed E-state index contributed by atoms with van der Waals surface area (Å²) < 4.78 is 5.21. The Balaban J connectivity index is 1.85. The lowest BCUT2D eigenvalue weighted by molar-refractivity contribution is -0.146. The lowest BCUT2D eigenvalue weighted by atomic mass is 10.2. The van der Waals surface area contributed by atoms with Crippen molar-refractivity contribution < 1.29 is 9.53 Å². The van der Waals surface area contributed by atoms with Gasteiger partial charge in [-0.25, -0.2) is 4.79 Å². The summed E-state index contributed by atoms with van der Waals surface area (Å²) in [6.07, 6.45) is 1.70. The molecular formula is C13H15NO2. The number of carbonyl (C=O) groups is 1. The second-order valence-electron chi connectivity index (χ2n) is 4.01. The van der Waals surface area contributed by atoms with Crippen molar-refractivity contribution in [2.45, 2.75) is 32.4 Å². The number of aliphatic imine (C=N–C) groups is 1. The van der Waals surface area contributed by atoms with Crippen LogP contribution in [0.4, 0.5) is 0 Å². The predicted molar refractivity (Wildman–Crippen MR) is 62.4 cm³/mol. The molecule has 0 radical (unpaired) electrons. The number of carbonyl (C=O) groups excluding carboxylic acids is 1. The number of benzene rings is 1. The molecule has 0 aromatic heterocycles. The molecule has 0 N–H and O–H groups in total. The predicted octanol–water partition coefficient (Wildman–Crippen LogP) is 2.35. The number of hydrogen-bond donors (Lipinski definition) is 0. The van der Waals surface area contributed by atoms with Gasteiger partial charge in [0.2, 0.25) is 0 Å². The molecule has 1 aliphatic rings. The van der Waals surface area contributed by atoms with Crippen molar-refractivity contribution in [3.8, 4) is 0 Å². The molecule has 1 aromatic carbocycles. The van der Waals surface area contributed by atoms with Crippen LogP contribution in [0.2, 0.25) is 0 Å². The van der Waals surface area contributed by atoms with Crippen LogP contribution in [0, 0.1) is 0 Å². The molecular weight excluding hydrogens is 202 g/mol. The van der Waals surface area contributed by atoms with Crippen LogP contribution in [-0.4, -0.2) is 17.7 Å². The van der Waals surface area contributed by atoms with Crippen molar-refractivity contribution in [2.24, 2.45) is 4.99 Å². The van der Waals surface area contributed by atoms with Gasteiger partial charge in [0.25, 0.3) is 0 Å². The Morgan fingerprint density at radius 1 is 1.44 bits per heavy atom. The van der Waals surface area contributed by atoms with Crippen molar-refractivity contribution in [3.05, 3.63) is 35.9 Å². The van der Waals surface area contributed by atoms with Gasteiger partial charge in [0, 0.05) is 5.71 Å². The molecule has 1 aliphatic heterocycles. The van der Waals surface area contributed by atoms with Gasteiger partial charge in [-0.1, -0.05) is 30.3 Å². The van der Waals surface area contributed by atoms with Crippen LogP contribution >= 0.6 is 0 Å². The van der Waals surface area contributed by atoms with E-state index in [4.69, 9.17) is 4.74 Å². The van der Waals surface area contributed by atoms with E-state index in [1.54, 1.807) is 0 Å². The fraction of sp³-hybridized carbons (Fsp3) is 0.385. The normalized spacial score (nSPS) is 19.3. The maximum atomic E-state index is 11.6. The zero-order chi connectivity index (χ0) is 11.4. The van der Waals surface area contributed by atoms with Crippen LogP contribution in [0.25, 0.3) is 0 Å². The first-order valence-electron chi connectivity index (χ1n) is 5.49. The molecule has 0 saturated carbocycles. The van der Waals surface area contributed by atoms with Gasteiger partial charge in [-0.15, -0.1) is 0 Å². The minimum Gasteiger partial charge on any atom is -0.459 e. The zero-order valence-electron chi connectivity index (χ0n) is 9.35. The summed E-state index contributed by atoms with van der Waals surface area (Å²) in [6, 6.07) is 9.41. The van der Waals surface area contributed by atoms with E-state index in [0.29, 0.717) is 6.61 Å². The van der Waals surface area contributed by atoms with Gasteiger partial charge < -0.3 is 4.74 Å². The molecule has 0 amide bonds. The molecule has 1 heterocycles. The fourth-order valence-electron chi connectivity index (χ4n) is 1.74. The van der Waals surface area contributed by atoms with Gasteiger partial charge in [-0.2, -0.15) is 0 Å². The van der Waals surface area contributed by atoms with Gasteiger partial charge in [-0.3, -0.25) is 4.99 Å². The highest BCUT2D eigenvalue weighted by Crippen LogP contribution is 2.15. The Hall–Kier alpha value is -1.64. The summed E-state index contributed by atoms with van der Waals surface area (Å²) in [5, 5.41) is 0. The van der Waals surface area contributed by atoms with Crippen molar-refractivity contribution in [3.63, 3.8) is 0 Å². The van der Waals surface area contributed by atoms with Crippen molar-refractivity contribution in [2.75, 3.05) is 0 Å². The van der Waals surface area contributed by atoms with Crippen LogP contribution in [-0.2, 0) is 16.1 Å². The summed E-state index contributed by atoms with van der Waals surface area (Å²) in [4.78, 5) is 15.9. The molecule has 3 nitrogen and oxygen atoms in total. The quantitative estimate of drug-likeness (QED) is 0.729. The summed E-state index contributed by atoms with van der Waals surface area (Å²) in [5.74, 6) is -0.208. The Kier molecular flexibility index (Phi) is 3.34. The second-order valence-corrected chi connectivity index (χ2v) is 4.01. The molecule has 0 aliphatic carbocycles. The third kappa shape index (κ3) is 2.69. The molecule has 0 spiro atoms. The number of hydrogen-bond acceptors (Lipinski definition) is 3. The van der Waals surface area contributed by atoms with E-state index in [1.807, 2.05) is 37.3 Å². The van der Waals surface area contributed by atoms with Gasteiger partial charge in [0.15, 0.2) is 0 Å². The second kappa shape index (κ2) is 4.92. The van der Waals surface area contributed by atoms with E-state index in [2.05, 4.69) is 4.99 Å². The van der Waals surface area contributed by atoms with Crippen LogP contribution in [0.5, 0.6) is 0 Å². The van der Waals surface area contributed by atoms with Crippen LogP contribution in [0.3, 0.4) is 0 Å². The molecule has 0 fully saturated rings. The van der Waals surface area contributed by atoms with Crippen LogP contribution in [0.1, 0.15) is 25.3 Å². The minimum atomic E-state index is -0.274. The molecule has 0 bridgehead atoms. The standard InChI is InChI=1S/C13H15NO2/c1-10-7-8-12(14-10)13(15)16-9-11-5-3-2-4-6-11/h2-6,12H,7-9H2,1H3. The summed E-state index contributed by atoms with van der Waals surface area (Å²) in [5.41, 5.74) is 2.05. The monoisotopic (exact) mass is 217 g/mol. The smallest absolute Gasteiger partial charge is 0.331 e. The first-order chi connectivity index (χ1) is 7.75. The van der Waals surface area contributed by atoms with E-state index in [1.165, 1.54) is 0 Å². The highest BCUT2D eigenvalue weighted by molar-refractivity contribution is 5.89. The van der Waals surface area contributed by atoms with Crippen LogP contribution in [0.15, 0.2) is 35.3 Å². The van der Waals surface area contributed by atoms with Gasteiger partial charge in [0.05, 0.1) is 0 Å². The maximum absolute atomic E-state index is 11.6. The Bertz CT molecular complexity index is 398. The summed E-state index contributed by atoms with van der Waals surface area (Å²) in [7, 11) is 0. The highest BCUT2D eigenvalue weighted by atomic mass is 16.5. The number of esters is 1. The van der Waals surface area contributed by atoms with Crippen molar-refractivity contribution in [1.29, 1.82) is 0 Å². The van der Waals surface area contributed by atoms with E-state index < -0.39 is 0 Å². The van der Waals surface area contributed by atoms with Gasteiger partial charge in [0.1, 0.15) is 12.6 Å². The minimum absolute atomic E-state index is 0.208. The maximum Gasteiger partial charge on any atom is 0.331 e. The fourth-order valence-corrected chi connectivity index (χ4v) is 1.74. The van der Waals surface area contributed by atoms with Crippen molar-refractivity contribution >= 4 is 11.7 Å². The summed E-state index contributed by atoms with van der Waals surface area (Å²) in [6.45, 7) is 2.29. The average molecular weight is 217 g/mol. The van der Waals surface area contributed by atoms with Crippen LogP contribution < -0.4 is 0 Å². The molecule has 1 atom stereocenters. The lowest BCUT2D eigenvalue weighted by Gasteiger charge is -2.07. The first-order valence-corrected chi connectivity index (χ1v) is 5.49. The van der Waals surface area contributed by atoms with Gasteiger partial charge >= 0.3 is 5.97 Å². The molecule has 2 rings (SSSR count). The Morgan fingerprint density at radius 3 is 2.81 bits per heavy atom. The molecule has 0 saturated heterocycles. The lowest BCUT2D eigenvalue weighted by Crippen LogP contribution is -2.18. The molecule has 84 valence electrons. The van der Waals surface area contributed by atoms with E-state index >= 15 is 0 Å². The molecule has 16 heavy (non-hydrogen) atoms. The van der Waals surface area contributed by atoms with E-state index in [9.17, 15) is 4.79 Å².